The van der Waals surface area contributed by atoms with Crippen LogP contribution in [-0.4, -0.2) is 32.1 Å². The maximum Gasteiger partial charge on any atom is 0.339 e. The predicted octanol–water partition coefficient (Wildman–Crippen LogP) is 1.55. The van der Waals surface area contributed by atoms with Gasteiger partial charge in [0.15, 0.2) is 0 Å². The third kappa shape index (κ3) is 4.67. The summed E-state index contributed by atoms with van der Waals surface area (Å²) in [5.74, 6) is -1.51. The SMILES string of the molecule is CCCNCC(=O)Nc1cc(F)ccc1C(=O)OC. The maximum absolute atomic E-state index is 13.2. The number of rotatable bonds is 6. The van der Waals surface area contributed by atoms with Gasteiger partial charge >= 0.3 is 5.97 Å². The van der Waals surface area contributed by atoms with E-state index >= 15 is 0 Å². The molecule has 0 saturated heterocycles. The van der Waals surface area contributed by atoms with Crippen LogP contribution in [0.3, 0.4) is 0 Å². The molecular formula is C13H17FN2O3. The van der Waals surface area contributed by atoms with E-state index in [0.29, 0.717) is 6.54 Å². The summed E-state index contributed by atoms with van der Waals surface area (Å²) in [4.78, 5) is 23.1. The van der Waals surface area contributed by atoms with E-state index in [1.807, 2.05) is 6.92 Å². The molecule has 0 atom stereocenters. The highest BCUT2D eigenvalue weighted by Gasteiger charge is 2.14. The highest BCUT2D eigenvalue weighted by molar-refractivity contribution is 6.01. The summed E-state index contributed by atoms with van der Waals surface area (Å²) < 4.78 is 17.7. The van der Waals surface area contributed by atoms with Gasteiger partial charge in [-0.15, -0.1) is 0 Å². The van der Waals surface area contributed by atoms with Crippen LogP contribution in [0.4, 0.5) is 10.1 Å². The summed E-state index contributed by atoms with van der Waals surface area (Å²) in [6.45, 7) is 2.79. The Morgan fingerprint density at radius 2 is 2.11 bits per heavy atom. The van der Waals surface area contributed by atoms with Crippen molar-refractivity contribution in [3.63, 3.8) is 0 Å². The normalized spacial score (nSPS) is 10.1. The molecule has 0 fully saturated rings. The molecule has 0 aromatic heterocycles. The van der Waals surface area contributed by atoms with E-state index in [1.54, 1.807) is 0 Å². The summed E-state index contributed by atoms with van der Waals surface area (Å²) in [5.41, 5.74) is 0.225. The predicted molar refractivity (Wildman–Crippen MR) is 69.5 cm³/mol. The second-order valence-electron chi connectivity index (χ2n) is 3.91. The third-order valence-corrected chi connectivity index (χ3v) is 2.37. The van der Waals surface area contributed by atoms with E-state index in [4.69, 9.17) is 0 Å². The first-order valence-electron chi connectivity index (χ1n) is 5.97. The van der Waals surface area contributed by atoms with Gasteiger partial charge in [-0.1, -0.05) is 6.92 Å². The Labute approximate surface area is 111 Å². The molecule has 2 N–H and O–H groups in total. The fraction of sp³-hybridized carbons (Fsp3) is 0.385. The zero-order chi connectivity index (χ0) is 14.3. The van der Waals surface area contributed by atoms with Gasteiger partial charge in [0.2, 0.25) is 5.91 Å². The number of ether oxygens (including phenoxy) is 1. The minimum Gasteiger partial charge on any atom is -0.465 e. The highest BCUT2D eigenvalue weighted by Crippen LogP contribution is 2.18. The molecule has 0 aliphatic heterocycles. The molecular weight excluding hydrogens is 251 g/mol. The van der Waals surface area contributed by atoms with E-state index in [0.717, 1.165) is 18.6 Å². The molecule has 0 unspecified atom stereocenters. The number of methoxy groups -OCH3 is 1. The van der Waals surface area contributed by atoms with Crippen molar-refractivity contribution in [2.24, 2.45) is 0 Å². The topological polar surface area (TPSA) is 67.4 Å². The van der Waals surface area contributed by atoms with E-state index in [2.05, 4.69) is 15.4 Å². The van der Waals surface area contributed by atoms with Crippen LogP contribution in [0.5, 0.6) is 0 Å². The summed E-state index contributed by atoms with van der Waals surface area (Å²) in [7, 11) is 1.22. The van der Waals surface area contributed by atoms with E-state index in [9.17, 15) is 14.0 Å². The number of hydrogen-bond acceptors (Lipinski definition) is 4. The van der Waals surface area contributed by atoms with E-state index < -0.39 is 11.8 Å². The minimum absolute atomic E-state index is 0.102. The zero-order valence-corrected chi connectivity index (χ0v) is 11.0. The maximum atomic E-state index is 13.2. The number of anilines is 1. The Morgan fingerprint density at radius 1 is 1.37 bits per heavy atom. The van der Waals surface area contributed by atoms with Crippen LogP contribution in [0.2, 0.25) is 0 Å². The molecule has 0 spiro atoms. The molecule has 1 aromatic carbocycles. The lowest BCUT2D eigenvalue weighted by Gasteiger charge is -2.10. The van der Waals surface area contributed by atoms with Crippen molar-refractivity contribution in [2.45, 2.75) is 13.3 Å². The molecule has 0 radical (unpaired) electrons. The first-order chi connectivity index (χ1) is 9.08. The molecule has 5 nitrogen and oxygen atoms in total. The molecule has 104 valence electrons. The number of carbonyl (C=O) groups excluding carboxylic acids is 2. The van der Waals surface area contributed by atoms with Gasteiger partial charge in [-0.25, -0.2) is 9.18 Å². The molecule has 1 amide bonds. The minimum atomic E-state index is -0.628. The lowest BCUT2D eigenvalue weighted by Crippen LogP contribution is -2.29. The fourth-order valence-corrected chi connectivity index (χ4v) is 1.48. The Morgan fingerprint density at radius 3 is 2.74 bits per heavy atom. The summed E-state index contributed by atoms with van der Waals surface area (Å²) in [5, 5.41) is 5.39. The smallest absolute Gasteiger partial charge is 0.339 e. The third-order valence-electron chi connectivity index (χ3n) is 2.37. The quantitative estimate of drug-likeness (QED) is 0.607. The van der Waals surface area contributed by atoms with Crippen LogP contribution >= 0.6 is 0 Å². The van der Waals surface area contributed by atoms with Crippen molar-refractivity contribution in [1.82, 2.24) is 5.32 Å². The molecule has 19 heavy (non-hydrogen) atoms. The van der Waals surface area contributed by atoms with Crippen molar-refractivity contribution in [1.29, 1.82) is 0 Å². The van der Waals surface area contributed by atoms with Crippen molar-refractivity contribution in [3.05, 3.63) is 29.6 Å². The van der Waals surface area contributed by atoms with E-state index in [1.165, 1.54) is 13.2 Å². The van der Waals surface area contributed by atoms with Crippen LogP contribution in [0, 0.1) is 5.82 Å². The number of benzene rings is 1. The Balaban J connectivity index is 2.78. The number of esters is 1. The summed E-state index contributed by atoms with van der Waals surface area (Å²) in [6.07, 6.45) is 0.903. The van der Waals surface area contributed by atoms with Gasteiger partial charge in [-0.3, -0.25) is 4.79 Å². The van der Waals surface area contributed by atoms with E-state index in [-0.39, 0.29) is 23.7 Å². The monoisotopic (exact) mass is 268 g/mol. The van der Waals surface area contributed by atoms with Crippen LogP contribution in [0.15, 0.2) is 18.2 Å². The van der Waals surface area contributed by atoms with Gasteiger partial charge in [-0.05, 0) is 31.2 Å². The second-order valence-corrected chi connectivity index (χ2v) is 3.91. The van der Waals surface area contributed by atoms with Gasteiger partial charge in [0.25, 0.3) is 0 Å². The molecule has 0 saturated carbocycles. The van der Waals surface area contributed by atoms with Crippen molar-refractivity contribution in [2.75, 3.05) is 25.5 Å². The van der Waals surface area contributed by atoms with Crippen molar-refractivity contribution >= 4 is 17.6 Å². The molecule has 1 aromatic rings. The first kappa shape index (κ1) is 15.1. The summed E-state index contributed by atoms with van der Waals surface area (Å²) >= 11 is 0. The standard InChI is InChI=1S/C13H17FN2O3/c1-3-6-15-8-12(17)16-11-7-9(14)4-5-10(11)13(18)19-2/h4-5,7,15H,3,6,8H2,1-2H3,(H,16,17). The Kier molecular flexibility index (Phi) is 5.95. The average molecular weight is 268 g/mol. The summed E-state index contributed by atoms with van der Waals surface area (Å²) in [6, 6.07) is 3.50. The Bertz CT molecular complexity index is 463. The zero-order valence-electron chi connectivity index (χ0n) is 11.0. The van der Waals surface area contributed by atoms with Gasteiger partial charge in [0, 0.05) is 0 Å². The fourth-order valence-electron chi connectivity index (χ4n) is 1.48. The van der Waals surface area contributed by atoms with Gasteiger partial charge in [-0.2, -0.15) is 0 Å². The molecule has 6 heteroatoms. The van der Waals surface area contributed by atoms with Gasteiger partial charge in [0.05, 0.1) is 24.9 Å². The molecule has 1 rings (SSSR count). The van der Waals surface area contributed by atoms with Crippen LogP contribution in [-0.2, 0) is 9.53 Å². The first-order valence-corrected chi connectivity index (χ1v) is 5.97. The average Bonchev–Trinajstić information content (AvgIpc) is 2.38. The van der Waals surface area contributed by atoms with Gasteiger partial charge < -0.3 is 15.4 Å². The number of hydrogen-bond donors (Lipinski definition) is 2. The number of amides is 1. The molecule has 0 aliphatic rings. The van der Waals surface area contributed by atoms with Crippen molar-refractivity contribution < 1.29 is 18.7 Å². The number of nitrogens with one attached hydrogen (secondary N) is 2. The van der Waals surface area contributed by atoms with Crippen LogP contribution in [0.25, 0.3) is 0 Å². The molecule has 0 bridgehead atoms. The molecule has 0 aliphatic carbocycles. The number of halogens is 1. The number of carbonyl (C=O) groups is 2. The lowest BCUT2D eigenvalue weighted by atomic mass is 10.1. The second kappa shape index (κ2) is 7.48. The van der Waals surface area contributed by atoms with Gasteiger partial charge in [0.1, 0.15) is 5.82 Å². The van der Waals surface area contributed by atoms with Crippen molar-refractivity contribution in [3.8, 4) is 0 Å². The van der Waals surface area contributed by atoms with Crippen LogP contribution < -0.4 is 10.6 Å². The molecule has 0 heterocycles. The Hall–Kier alpha value is -1.95. The lowest BCUT2D eigenvalue weighted by molar-refractivity contribution is -0.115. The highest BCUT2D eigenvalue weighted by atomic mass is 19.1. The van der Waals surface area contributed by atoms with Crippen LogP contribution in [0.1, 0.15) is 23.7 Å². The largest absolute Gasteiger partial charge is 0.465 e.